The number of aliphatic hydroxyl groups is 1. The zero-order valence-corrected chi connectivity index (χ0v) is 12.0. The average Bonchev–Trinajstić information content (AvgIpc) is 2.94. The highest BCUT2D eigenvalue weighted by atomic mass is 16.5. The molecule has 1 aromatic rings. The van der Waals surface area contributed by atoms with Crippen molar-refractivity contribution in [1.29, 1.82) is 0 Å². The maximum Gasteiger partial charge on any atom is 0.236 e. The molecule has 2 unspecified atom stereocenters. The fourth-order valence-electron chi connectivity index (χ4n) is 3.28. The largest absolute Gasteiger partial charge is 0.494 e. The first-order valence-corrected chi connectivity index (χ1v) is 7.40. The molecule has 1 aliphatic heterocycles. The lowest BCUT2D eigenvalue weighted by Crippen LogP contribution is -2.46. The minimum absolute atomic E-state index is 0.0307. The minimum Gasteiger partial charge on any atom is -0.494 e. The number of aliphatic hydroxyl groups excluding tert-OH is 1. The highest BCUT2D eigenvalue weighted by Crippen LogP contribution is 2.40. The van der Waals surface area contributed by atoms with Gasteiger partial charge in [-0.25, -0.2) is 0 Å². The molecule has 2 aliphatic rings. The van der Waals surface area contributed by atoms with E-state index in [0.29, 0.717) is 30.0 Å². The molecule has 2 atom stereocenters. The first-order chi connectivity index (χ1) is 10.2. The van der Waals surface area contributed by atoms with Gasteiger partial charge in [0.1, 0.15) is 5.75 Å². The van der Waals surface area contributed by atoms with Gasteiger partial charge in [-0.05, 0) is 44.4 Å². The number of nitrogens with zero attached hydrogens (tertiary/aromatic N) is 1. The summed E-state index contributed by atoms with van der Waals surface area (Å²) in [5.74, 6) is 0.306. The van der Waals surface area contributed by atoms with E-state index in [9.17, 15) is 14.7 Å². The third-order valence-electron chi connectivity index (χ3n) is 4.34. The molecule has 2 fully saturated rings. The molecule has 2 amide bonds. The molecule has 0 aromatic heterocycles. The summed E-state index contributed by atoms with van der Waals surface area (Å²) in [5, 5.41) is 9.45. The van der Waals surface area contributed by atoms with Gasteiger partial charge in [0.05, 0.1) is 18.9 Å². The van der Waals surface area contributed by atoms with Crippen molar-refractivity contribution in [3.8, 4) is 5.75 Å². The van der Waals surface area contributed by atoms with Crippen molar-refractivity contribution >= 4 is 17.5 Å². The van der Waals surface area contributed by atoms with Crippen molar-refractivity contribution in [2.24, 2.45) is 11.8 Å². The van der Waals surface area contributed by atoms with Crippen LogP contribution in [0.15, 0.2) is 18.2 Å². The van der Waals surface area contributed by atoms with Crippen LogP contribution in [0.25, 0.3) is 0 Å². The number of anilines is 1. The van der Waals surface area contributed by atoms with E-state index in [1.165, 1.54) is 4.90 Å². The Morgan fingerprint density at radius 1 is 1.24 bits per heavy atom. The first-order valence-electron chi connectivity index (χ1n) is 7.40. The topological polar surface area (TPSA) is 66.8 Å². The standard InChI is InChI=1S/C16H19NO4/c1-2-21-14-6-5-13(8-12(14)9-18)17-15(19)10-3-4-11(7-10)16(17)20/h5-6,8,10-11,18H,2-4,7,9H2,1H3. The molecule has 2 bridgehead atoms. The van der Waals surface area contributed by atoms with Crippen molar-refractivity contribution in [2.45, 2.75) is 32.8 Å². The maximum absolute atomic E-state index is 12.4. The summed E-state index contributed by atoms with van der Waals surface area (Å²) in [5.41, 5.74) is 1.13. The van der Waals surface area contributed by atoms with Crippen LogP contribution in [0.2, 0.25) is 0 Å². The van der Waals surface area contributed by atoms with Gasteiger partial charge in [0.2, 0.25) is 11.8 Å². The van der Waals surface area contributed by atoms with Crippen LogP contribution in [0.5, 0.6) is 5.75 Å². The van der Waals surface area contributed by atoms with Crippen LogP contribution in [-0.2, 0) is 16.2 Å². The monoisotopic (exact) mass is 289 g/mol. The lowest BCUT2D eigenvalue weighted by Gasteiger charge is -2.30. The Kier molecular flexibility index (Phi) is 3.68. The number of amides is 2. The molecular formula is C16H19NO4. The van der Waals surface area contributed by atoms with Crippen LogP contribution in [-0.4, -0.2) is 23.5 Å². The number of carbonyl (C=O) groups is 2. The second-order valence-electron chi connectivity index (χ2n) is 5.60. The number of ether oxygens (including phenoxy) is 1. The fourth-order valence-corrected chi connectivity index (χ4v) is 3.28. The van der Waals surface area contributed by atoms with Crippen LogP contribution in [0, 0.1) is 11.8 Å². The zero-order valence-electron chi connectivity index (χ0n) is 12.0. The third kappa shape index (κ3) is 2.31. The van der Waals surface area contributed by atoms with Gasteiger partial charge < -0.3 is 9.84 Å². The number of hydrogen-bond donors (Lipinski definition) is 1. The van der Waals surface area contributed by atoms with Crippen molar-refractivity contribution in [3.05, 3.63) is 23.8 Å². The predicted molar refractivity (Wildman–Crippen MR) is 76.9 cm³/mol. The average molecular weight is 289 g/mol. The number of benzene rings is 1. The van der Waals surface area contributed by atoms with Crippen LogP contribution >= 0.6 is 0 Å². The van der Waals surface area contributed by atoms with E-state index in [1.54, 1.807) is 18.2 Å². The third-order valence-corrected chi connectivity index (χ3v) is 4.34. The van der Waals surface area contributed by atoms with Gasteiger partial charge in [0, 0.05) is 17.4 Å². The number of piperidine rings is 1. The summed E-state index contributed by atoms with van der Waals surface area (Å²) in [6.45, 7) is 2.18. The van der Waals surface area contributed by atoms with E-state index in [2.05, 4.69) is 0 Å². The highest BCUT2D eigenvalue weighted by molar-refractivity contribution is 6.18. The van der Waals surface area contributed by atoms with Crippen molar-refractivity contribution < 1.29 is 19.4 Å². The first kappa shape index (κ1) is 14.1. The SMILES string of the molecule is CCOc1ccc(N2C(=O)C3CCC(C3)C2=O)cc1CO. The van der Waals surface area contributed by atoms with Gasteiger partial charge in [-0.3, -0.25) is 14.5 Å². The molecule has 3 rings (SSSR count). The molecule has 0 spiro atoms. The van der Waals surface area contributed by atoms with E-state index in [4.69, 9.17) is 4.74 Å². The Balaban J connectivity index is 1.96. The highest BCUT2D eigenvalue weighted by Gasteiger charge is 2.45. The quantitative estimate of drug-likeness (QED) is 0.859. The number of hydrogen-bond acceptors (Lipinski definition) is 4. The van der Waals surface area contributed by atoms with Gasteiger partial charge in [0.25, 0.3) is 0 Å². The fraction of sp³-hybridized carbons (Fsp3) is 0.500. The smallest absolute Gasteiger partial charge is 0.236 e. The van der Waals surface area contributed by atoms with Crippen LogP contribution in [0.1, 0.15) is 31.7 Å². The van der Waals surface area contributed by atoms with E-state index in [1.807, 2.05) is 6.92 Å². The number of carbonyl (C=O) groups excluding carboxylic acids is 2. The Morgan fingerprint density at radius 3 is 2.48 bits per heavy atom. The number of imide groups is 1. The maximum atomic E-state index is 12.4. The van der Waals surface area contributed by atoms with Gasteiger partial charge >= 0.3 is 0 Å². The molecule has 21 heavy (non-hydrogen) atoms. The van der Waals surface area contributed by atoms with Gasteiger partial charge in [-0.15, -0.1) is 0 Å². The van der Waals surface area contributed by atoms with Crippen molar-refractivity contribution in [2.75, 3.05) is 11.5 Å². The Labute approximate surface area is 123 Å². The molecular weight excluding hydrogens is 270 g/mol. The van der Waals surface area contributed by atoms with Crippen molar-refractivity contribution in [1.82, 2.24) is 0 Å². The van der Waals surface area contributed by atoms with E-state index in [-0.39, 0.29) is 30.3 Å². The molecule has 1 aliphatic carbocycles. The van der Waals surface area contributed by atoms with Crippen molar-refractivity contribution in [3.63, 3.8) is 0 Å². The van der Waals surface area contributed by atoms with Gasteiger partial charge in [-0.1, -0.05) is 0 Å². The zero-order chi connectivity index (χ0) is 15.0. The summed E-state index contributed by atoms with van der Waals surface area (Å²) in [4.78, 5) is 26.1. The number of rotatable bonds is 4. The molecule has 1 saturated carbocycles. The molecule has 0 radical (unpaired) electrons. The lowest BCUT2D eigenvalue weighted by molar-refractivity contribution is -0.133. The summed E-state index contributed by atoms with van der Waals surface area (Å²) in [6.07, 6.45) is 2.29. The summed E-state index contributed by atoms with van der Waals surface area (Å²) in [7, 11) is 0. The second-order valence-corrected chi connectivity index (χ2v) is 5.60. The van der Waals surface area contributed by atoms with E-state index < -0.39 is 0 Å². The summed E-state index contributed by atoms with van der Waals surface area (Å²) < 4.78 is 5.43. The van der Waals surface area contributed by atoms with Crippen LogP contribution in [0.4, 0.5) is 5.69 Å². The van der Waals surface area contributed by atoms with Gasteiger partial charge in [-0.2, -0.15) is 0 Å². The molecule has 1 aromatic carbocycles. The van der Waals surface area contributed by atoms with E-state index in [0.717, 1.165) is 12.8 Å². The minimum atomic E-state index is -0.188. The molecule has 5 nitrogen and oxygen atoms in total. The summed E-state index contributed by atoms with van der Waals surface area (Å²) in [6, 6.07) is 5.09. The Bertz CT molecular complexity index is 562. The van der Waals surface area contributed by atoms with E-state index >= 15 is 0 Å². The van der Waals surface area contributed by atoms with Crippen LogP contribution in [0.3, 0.4) is 0 Å². The van der Waals surface area contributed by atoms with Crippen LogP contribution < -0.4 is 9.64 Å². The lowest BCUT2D eigenvalue weighted by atomic mass is 9.96. The Morgan fingerprint density at radius 2 is 1.90 bits per heavy atom. The summed E-state index contributed by atoms with van der Waals surface area (Å²) >= 11 is 0. The molecule has 5 heteroatoms. The Hall–Kier alpha value is -1.88. The molecule has 1 N–H and O–H groups in total. The van der Waals surface area contributed by atoms with Gasteiger partial charge in [0.15, 0.2) is 0 Å². The molecule has 1 heterocycles. The normalized spacial score (nSPS) is 24.6. The molecule has 1 saturated heterocycles. The second kappa shape index (κ2) is 5.48. The predicted octanol–water partition coefficient (Wildman–Crippen LogP) is 1.87. The molecule has 112 valence electrons. The number of fused-ring (bicyclic) bond motifs is 2.